The van der Waals surface area contributed by atoms with Gasteiger partial charge in [0.25, 0.3) is 0 Å². The molecule has 74 valence electrons. The van der Waals surface area contributed by atoms with Crippen molar-refractivity contribution >= 4 is 5.91 Å². The van der Waals surface area contributed by atoms with Crippen LogP contribution >= 0.6 is 0 Å². The van der Waals surface area contributed by atoms with Crippen LogP contribution in [0.25, 0.3) is 0 Å². The van der Waals surface area contributed by atoms with Crippen molar-refractivity contribution in [2.24, 2.45) is 11.7 Å². The lowest BCUT2D eigenvalue weighted by Crippen LogP contribution is -2.28. The topological polar surface area (TPSA) is 46.3 Å². The SMILES string of the molecule is CC(C)=CC(=O)N1CCC(CN)C1. The molecule has 1 aliphatic heterocycles. The van der Waals surface area contributed by atoms with Crippen molar-refractivity contribution in [3.8, 4) is 0 Å². The minimum Gasteiger partial charge on any atom is -0.339 e. The number of carbonyl (C=O) groups excluding carboxylic acids is 1. The normalized spacial score (nSPS) is 21.8. The monoisotopic (exact) mass is 182 g/mol. The van der Waals surface area contributed by atoms with Gasteiger partial charge in [0.15, 0.2) is 0 Å². The molecule has 1 atom stereocenters. The van der Waals surface area contributed by atoms with E-state index in [1.54, 1.807) is 6.08 Å². The number of rotatable bonds is 2. The van der Waals surface area contributed by atoms with E-state index in [9.17, 15) is 4.79 Å². The molecule has 1 aliphatic rings. The molecule has 1 rings (SSSR count). The molecule has 0 spiro atoms. The van der Waals surface area contributed by atoms with E-state index >= 15 is 0 Å². The van der Waals surface area contributed by atoms with Crippen LogP contribution in [0.5, 0.6) is 0 Å². The van der Waals surface area contributed by atoms with E-state index in [1.165, 1.54) is 0 Å². The maximum absolute atomic E-state index is 11.5. The lowest BCUT2D eigenvalue weighted by Gasteiger charge is -2.13. The second-order valence-corrected chi connectivity index (χ2v) is 3.90. The molecule has 1 saturated heterocycles. The van der Waals surface area contributed by atoms with Gasteiger partial charge in [-0.2, -0.15) is 0 Å². The molecule has 0 saturated carbocycles. The van der Waals surface area contributed by atoms with Crippen molar-refractivity contribution in [1.29, 1.82) is 0 Å². The lowest BCUT2D eigenvalue weighted by molar-refractivity contribution is -0.125. The Labute approximate surface area is 79.6 Å². The quantitative estimate of drug-likeness (QED) is 0.641. The summed E-state index contributed by atoms with van der Waals surface area (Å²) in [6.07, 6.45) is 2.75. The lowest BCUT2D eigenvalue weighted by atomic mass is 10.1. The van der Waals surface area contributed by atoms with Gasteiger partial charge in [-0.15, -0.1) is 0 Å². The van der Waals surface area contributed by atoms with E-state index in [-0.39, 0.29) is 5.91 Å². The first-order valence-corrected chi connectivity index (χ1v) is 4.77. The number of allylic oxidation sites excluding steroid dienone is 1. The van der Waals surface area contributed by atoms with E-state index in [0.29, 0.717) is 12.5 Å². The maximum Gasteiger partial charge on any atom is 0.246 e. The van der Waals surface area contributed by atoms with Crippen LogP contribution in [0.1, 0.15) is 20.3 Å². The molecule has 3 heteroatoms. The predicted octanol–water partition coefficient (Wildman–Crippen LogP) is 0.760. The van der Waals surface area contributed by atoms with Crippen molar-refractivity contribution < 1.29 is 4.79 Å². The van der Waals surface area contributed by atoms with Gasteiger partial charge in [-0.25, -0.2) is 0 Å². The fourth-order valence-electron chi connectivity index (χ4n) is 1.56. The largest absolute Gasteiger partial charge is 0.339 e. The van der Waals surface area contributed by atoms with Gasteiger partial charge in [-0.05, 0) is 32.7 Å². The van der Waals surface area contributed by atoms with Crippen molar-refractivity contribution in [3.05, 3.63) is 11.6 Å². The first kappa shape index (κ1) is 10.3. The van der Waals surface area contributed by atoms with Gasteiger partial charge >= 0.3 is 0 Å². The highest BCUT2D eigenvalue weighted by atomic mass is 16.2. The Morgan fingerprint density at radius 3 is 2.77 bits per heavy atom. The number of hydrogen-bond donors (Lipinski definition) is 1. The molecule has 0 aliphatic carbocycles. The van der Waals surface area contributed by atoms with E-state index in [0.717, 1.165) is 25.1 Å². The van der Waals surface area contributed by atoms with Crippen LogP contribution in [-0.2, 0) is 4.79 Å². The Morgan fingerprint density at radius 1 is 1.62 bits per heavy atom. The highest BCUT2D eigenvalue weighted by molar-refractivity contribution is 5.88. The molecule has 1 unspecified atom stereocenters. The zero-order valence-electron chi connectivity index (χ0n) is 8.42. The minimum atomic E-state index is 0.135. The zero-order valence-corrected chi connectivity index (χ0v) is 8.42. The predicted molar refractivity (Wildman–Crippen MR) is 53.2 cm³/mol. The van der Waals surface area contributed by atoms with Crippen LogP contribution in [0.3, 0.4) is 0 Å². The Bertz CT molecular complexity index is 219. The van der Waals surface area contributed by atoms with Crippen LogP contribution in [0.4, 0.5) is 0 Å². The Balaban J connectivity index is 2.47. The van der Waals surface area contributed by atoms with Gasteiger partial charge in [0.1, 0.15) is 0 Å². The number of nitrogens with zero attached hydrogens (tertiary/aromatic N) is 1. The molecule has 0 aromatic carbocycles. The molecular weight excluding hydrogens is 164 g/mol. The fraction of sp³-hybridized carbons (Fsp3) is 0.700. The number of nitrogens with two attached hydrogens (primary N) is 1. The summed E-state index contributed by atoms with van der Waals surface area (Å²) >= 11 is 0. The number of likely N-dealkylation sites (tertiary alicyclic amines) is 1. The van der Waals surface area contributed by atoms with Crippen LogP contribution in [0, 0.1) is 5.92 Å². The number of carbonyl (C=O) groups is 1. The summed E-state index contributed by atoms with van der Waals surface area (Å²) in [6, 6.07) is 0. The first-order chi connectivity index (χ1) is 6.13. The van der Waals surface area contributed by atoms with Crippen molar-refractivity contribution in [2.45, 2.75) is 20.3 Å². The second-order valence-electron chi connectivity index (χ2n) is 3.90. The van der Waals surface area contributed by atoms with Crippen molar-refractivity contribution in [3.63, 3.8) is 0 Å². The molecule has 3 nitrogen and oxygen atoms in total. The summed E-state index contributed by atoms with van der Waals surface area (Å²) in [5.74, 6) is 0.644. The molecule has 1 fully saturated rings. The van der Waals surface area contributed by atoms with E-state index in [1.807, 2.05) is 18.7 Å². The standard InChI is InChI=1S/C10H18N2O/c1-8(2)5-10(13)12-4-3-9(6-11)7-12/h5,9H,3-4,6-7,11H2,1-2H3. The summed E-state index contributed by atoms with van der Waals surface area (Å²) in [5.41, 5.74) is 6.60. The molecule has 0 aromatic heterocycles. The summed E-state index contributed by atoms with van der Waals surface area (Å²) in [7, 11) is 0. The fourth-order valence-corrected chi connectivity index (χ4v) is 1.56. The van der Waals surface area contributed by atoms with Crippen molar-refractivity contribution in [1.82, 2.24) is 4.90 Å². The molecule has 0 aromatic rings. The number of hydrogen-bond acceptors (Lipinski definition) is 2. The molecular formula is C10H18N2O. The maximum atomic E-state index is 11.5. The van der Waals surface area contributed by atoms with Gasteiger partial charge in [0.05, 0.1) is 0 Å². The smallest absolute Gasteiger partial charge is 0.246 e. The van der Waals surface area contributed by atoms with Crippen LogP contribution < -0.4 is 5.73 Å². The Hall–Kier alpha value is -0.830. The third-order valence-corrected chi connectivity index (χ3v) is 2.34. The average molecular weight is 182 g/mol. The minimum absolute atomic E-state index is 0.135. The Kier molecular flexibility index (Phi) is 3.48. The highest BCUT2D eigenvalue weighted by Crippen LogP contribution is 2.15. The summed E-state index contributed by atoms with van der Waals surface area (Å²) in [6.45, 7) is 6.27. The summed E-state index contributed by atoms with van der Waals surface area (Å²) in [4.78, 5) is 13.4. The summed E-state index contributed by atoms with van der Waals surface area (Å²) < 4.78 is 0. The van der Waals surface area contributed by atoms with Crippen LogP contribution in [0.15, 0.2) is 11.6 Å². The van der Waals surface area contributed by atoms with E-state index < -0.39 is 0 Å². The van der Waals surface area contributed by atoms with Gasteiger partial charge < -0.3 is 10.6 Å². The molecule has 1 heterocycles. The summed E-state index contributed by atoms with van der Waals surface area (Å²) in [5, 5.41) is 0. The van der Waals surface area contributed by atoms with E-state index in [4.69, 9.17) is 5.73 Å². The van der Waals surface area contributed by atoms with Gasteiger partial charge in [0.2, 0.25) is 5.91 Å². The van der Waals surface area contributed by atoms with Gasteiger partial charge in [-0.1, -0.05) is 5.57 Å². The third-order valence-electron chi connectivity index (χ3n) is 2.34. The van der Waals surface area contributed by atoms with Crippen LogP contribution in [0.2, 0.25) is 0 Å². The van der Waals surface area contributed by atoms with Gasteiger partial charge in [0, 0.05) is 19.2 Å². The number of amides is 1. The third kappa shape index (κ3) is 2.84. The highest BCUT2D eigenvalue weighted by Gasteiger charge is 2.23. The van der Waals surface area contributed by atoms with Crippen LogP contribution in [-0.4, -0.2) is 30.4 Å². The first-order valence-electron chi connectivity index (χ1n) is 4.77. The van der Waals surface area contributed by atoms with E-state index in [2.05, 4.69) is 0 Å². The van der Waals surface area contributed by atoms with Gasteiger partial charge in [-0.3, -0.25) is 4.79 Å². The molecule has 0 bridgehead atoms. The Morgan fingerprint density at radius 2 is 2.31 bits per heavy atom. The zero-order chi connectivity index (χ0) is 9.84. The van der Waals surface area contributed by atoms with Crippen molar-refractivity contribution in [2.75, 3.05) is 19.6 Å². The molecule has 0 radical (unpaired) electrons. The second kappa shape index (κ2) is 4.42. The molecule has 13 heavy (non-hydrogen) atoms. The molecule has 1 amide bonds. The average Bonchev–Trinajstić information content (AvgIpc) is 2.50. The molecule has 2 N–H and O–H groups in total.